The molecule has 0 fully saturated rings. The van der Waals surface area contributed by atoms with Gasteiger partial charge in [-0.15, -0.1) is 22.7 Å². The Kier molecular flexibility index (Phi) is 5.85. The van der Waals surface area contributed by atoms with E-state index in [1.807, 2.05) is 0 Å². The van der Waals surface area contributed by atoms with E-state index in [9.17, 15) is 54.4 Å². The summed E-state index contributed by atoms with van der Waals surface area (Å²) in [7, 11) is 0. The smallest absolute Gasteiger partial charge is 0.200 e. The summed E-state index contributed by atoms with van der Waals surface area (Å²) in [6, 6.07) is 5.06. The van der Waals surface area contributed by atoms with Gasteiger partial charge in [-0.05, 0) is 12.1 Å². The van der Waals surface area contributed by atoms with Crippen molar-refractivity contribution < 1.29 is 43.9 Å². The third-order valence-electron chi connectivity index (χ3n) is 5.60. The molecular weight excluding hydrogens is 570 g/mol. The lowest BCUT2D eigenvalue weighted by atomic mass is 9.99. The molecule has 0 N–H and O–H groups in total. The highest BCUT2D eigenvalue weighted by Gasteiger charge is 2.36. The second kappa shape index (κ2) is 8.72. The number of thiophene rings is 2. The third-order valence-corrected chi connectivity index (χ3v) is 8.06. The molecule has 190 valence electrons. The van der Waals surface area contributed by atoms with E-state index in [1.165, 1.54) is 0 Å². The minimum Gasteiger partial charge on any atom is -0.203 e. The molecule has 0 spiro atoms. The molecule has 2 aromatic carbocycles. The van der Waals surface area contributed by atoms with Gasteiger partial charge in [-0.25, -0.2) is 43.9 Å². The summed E-state index contributed by atoms with van der Waals surface area (Å²) in [5.74, 6) is -22.3. The van der Waals surface area contributed by atoms with E-state index >= 15 is 0 Å². The van der Waals surface area contributed by atoms with Crippen LogP contribution in [0, 0.1) is 80.8 Å². The van der Waals surface area contributed by atoms with Gasteiger partial charge in [0.1, 0.15) is 17.7 Å². The number of nitrogens with zero attached hydrogens (tertiary/aromatic N) is 2. The van der Waals surface area contributed by atoms with Crippen LogP contribution in [0.15, 0.2) is 17.7 Å². The summed E-state index contributed by atoms with van der Waals surface area (Å²) in [6.45, 7) is 0. The van der Waals surface area contributed by atoms with Crippen molar-refractivity contribution in [2.45, 2.75) is 0 Å². The summed E-state index contributed by atoms with van der Waals surface area (Å²) in [5, 5.41) is 18.8. The Balaban J connectivity index is 1.81. The van der Waals surface area contributed by atoms with E-state index in [4.69, 9.17) is 0 Å². The highest BCUT2D eigenvalue weighted by Crippen LogP contribution is 2.57. The molecule has 0 saturated carbocycles. The van der Waals surface area contributed by atoms with Crippen molar-refractivity contribution in [3.8, 4) is 42.8 Å². The average molecular weight is 572 g/mol. The van der Waals surface area contributed by atoms with Crippen LogP contribution in [-0.2, 0) is 0 Å². The number of hydrogen-bond acceptors (Lipinski definition) is 4. The summed E-state index contributed by atoms with van der Waals surface area (Å²) >= 11 is 0.926. The summed E-state index contributed by atoms with van der Waals surface area (Å²) < 4.78 is 140. The van der Waals surface area contributed by atoms with Crippen LogP contribution >= 0.6 is 22.7 Å². The lowest BCUT2D eigenvalue weighted by Gasteiger charge is -2.07. The van der Waals surface area contributed by atoms with Crippen LogP contribution in [0.2, 0.25) is 0 Å². The molecule has 0 atom stereocenters. The molecule has 0 unspecified atom stereocenters. The Morgan fingerprint density at radius 3 is 1.08 bits per heavy atom. The van der Waals surface area contributed by atoms with Gasteiger partial charge < -0.3 is 0 Å². The van der Waals surface area contributed by atoms with E-state index < -0.39 is 84.6 Å². The standard InChI is InChI=1S/C24H2F10N2S2/c25-13-11(14(26)18(30)21(33)17(13)29)8-1-6-10(5(3-35)4-36)7-2-9(38-24(7)23(6)37-8)12-15(27)19(31)22(34)20(32)16(12)28/h1-2H. The van der Waals surface area contributed by atoms with Crippen LogP contribution in [0.1, 0.15) is 11.1 Å². The average Bonchev–Trinajstić information content (AvgIpc) is 3.57. The molecule has 38 heavy (non-hydrogen) atoms. The molecule has 14 heteroatoms. The molecular formula is C24H2F10N2S2. The van der Waals surface area contributed by atoms with E-state index in [2.05, 4.69) is 0 Å². The molecule has 0 saturated heterocycles. The molecule has 0 bridgehead atoms. The Hall–Kier alpha value is -4.14. The van der Waals surface area contributed by atoms with Gasteiger partial charge in [-0.1, -0.05) is 0 Å². The van der Waals surface area contributed by atoms with Gasteiger partial charge in [0.05, 0.1) is 20.9 Å². The summed E-state index contributed by atoms with van der Waals surface area (Å²) in [5.41, 5.74) is -3.51. The normalized spacial score (nSPS) is 11.8. The molecule has 0 aliphatic heterocycles. The van der Waals surface area contributed by atoms with Crippen molar-refractivity contribution in [2.24, 2.45) is 0 Å². The van der Waals surface area contributed by atoms with Crippen LogP contribution in [-0.4, -0.2) is 0 Å². The Bertz CT molecular complexity index is 1660. The van der Waals surface area contributed by atoms with Crippen LogP contribution in [0.3, 0.4) is 0 Å². The first-order valence-corrected chi connectivity index (χ1v) is 11.4. The molecule has 1 aliphatic rings. The zero-order valence-electron chi connectivity index (χ0n) is 17.6. The monoisotopic (exact) mass is 572 g/mol. The third kappa shape index (κ3) is 3.30. The van der Waals surface area contributed by atoms with Crippen molar-refractivity contribution in [3.05, 3.63) is 87.0 Å². The van der Waals surface area contributed by atoms with Gasteiger partial charge in [0.2, 0.25) is 11.6 Å². The van der Waals surface area contributed by atoms with E-state index in [-0.39, 0.29) is 26.5 Å². The van der Waals surface area contributed by atoms with Gasteiger partial charge >= 0.3 is 0 Å². The van der Waals surface area contributed by atoms with Gasteiger partial charge in [0, 0.05) is 26.5 Å². The Morgan fingerprint density at radius 2 is 0.789 bits per heavy atom. The fraction of sp³-hybridized carbons (Fsp3) is 0. The molecule has 2 aromatic heterocycles. The zero-order valence-corrected chi connectivity index (χ0v) is 19.3. The fourth-order valence-corrected chi connectivity index (χ4v) is 6.48. The fourth-order valence-electron chi connectivity index (χ4n) is 3.93. The maximum atomic E-state index is 14.4. The number of fused-ring (bicyclic) bond motifs is 3. The SMILES string of the molecule is N#CC(C#N)=C1c2cc(-c3c(F)c(F)c(F)c(F)c3F)sc2-c2sc(-c3c(F)c(F)c(F)c(F)c3F)cc21. The molecule has 5 rings (SSSR count). The van der Waals surface area contributed by atoms with Crippen molar-refractivity contribution in [1.29, 1.82) is 10.5 Å². The van der Waals surface area contributed by atoms with E-state index in [0.717, 1.165) is 12.1 Å². The first-order valence-electron chi connectivity index (χ1n) is 9.81. The van der Waals surface area contributed by atoms with E-state index in [0.29, 0.717) is 22.7 Å². The molecule has 2 heterocycles. The maximum Gasteiger partial charge on any atom is 0.200 e. The second-order valence-electron chi connectivity index (χ2n) is 7.57. The van der Waals surface area contributed by atoms with Crippen LogP contribution in [0.5, 0.6) is 0 Å². The number of rotatable bonds is 2. The number of hydrogen-bond donors (Lipinski definition) is 0. The predicted octanol–water partition coefficient (Wildman–Crippen LogP) is 8.36. The van der Waals surface area contributed by atoms with Crippen molar-refractivity contribution in [1.82, 2.24) is 0 Å². The maximum absolute atomic E-state index is 14.4. The first kappa shape index (κ1) is 25.5. The van der Waals surface area contributed by atoms with Crippen LogP contribution in [0.4, 0.5) is 43.9 Å². The minimum atomic E-state index is -2.39. The first-order chi connectivity index (χ1) is 17.9. The largest absolute Gasteiger partial charge is 0.203 e. The summed E-state index contributed by atoms with van der Waals surface area (Å²) in [6.07, 6.45) is 0. The molecule has 4 aromatic rings. The van der Waals surface area contributed by atoms with Crippen molar-refractivity contribution in [2.75, 3.05) is 0 Å². The Morgan fingerprint density at radius 1 is 0.500 bits per heavy atom. The topological polar surface area (TPSA) is 47.6 Å². The Labute approximate surface area is 212 Å². The number of halogens is 10. The highest BCUT2D eigenvalue weighted by atomic mass is 32.1. The van der Waals surface area contributed by atoms with Gasteiger partial charge in [0.15, 0.2) is 46.5 Å². The minimum absolute atomic E-state index is 0.00272. The number of benzene rings is 2. The van der Waals surface area contributed by atoms with Crippen molar-refractivity contribution >= 4 is 28.2 Å². The van der Waals surface area contributed by atoms with Gasteiger partial charge in [-0.2, -0.15) is 10.5 Å². The quantitative estimate of drug-likeness (QED) is 0.0924. The van der Waals surface area contributed by atoms with Gasteiger partial charge in [-0.3, -0.25) is 0 Å². The predicted molar refractivity (Wildman–Crippen MR) is 115 cm³/mol. The lowest BCUT2D eigenvalue weighted by molar-refractivity contribution is 0.381. The lowest BCUT2D eigenvalue weighted by Crippen LogP contribution is -2.03. The molecule has 1 aliphatic carbocycles. The van der Waals surface area contributed by atoms with E-state index in [1.54, 1.807) is 12.1 Å². The molecule has 0 radical (unpaired) electrons. The molecule has 0 amide bonds. The van der Waals surface area contributed by atoms with Crippen LogP contribution < -0.4 is 0 Å². The second-order valence-corrected chi connectivity index (χ2v) is 9.67. The highest BCUT2D eigenvalue weighted by molar-refractivity contribution is 7.26. The van der Waals surface area contributed by atoms with Crippen molar-refractivity contribution in [3.63, 3.8) is 0 Å². The van der Waals surface area contributed by atoms with Gasteiger partial charge in [0.25, 0.3) is 0 Å². The number of nitriles is 2. The summed E-state index contributed by atoms with van der Waals surface area (Å²) in [4.78, 5) is -1.02. The molecule has 2 nitrogen and oxygen atoms in total. The zero-order chi connectivity index (χ0) is 27.8. The number of allylic oxidation sites excluding steroid dienone is 1. The van der Waals surface area contributed by atoms with Crippen LogP contribution in [0.25, 0.3) is 36.2 Å².